The number of hydrogen-bond acceptors (Lipinski definition) is 4. The fourth-order valence-corrected chi connectivity index (χ4v) is 3.93. The quantitative estimate of drug-likeness (QED) is 0.556. The Bertz CT molecular complexity index is 1180. The van der Waals surface area contributed by atoms with Crippen LogP contribution >= 0.6 is 22.9 Å². The van der Waals surface area contributed by atoms with E-state index in [1.807, 2.05) is 35.7 Å². The number of fused-ring (bicyclic) bond motifs is 1. The summed E-state index contributed by atoms with van der Waals surface area (Å²) < 4.78 is 1.32. The molecule has 27 heavy (non-hydrogen) atoms. The van der Waals surface area contributed by atoms with Crippen molar-refractivity contribution in [1.82, 2.24) is 9.55 Å². The molecule has 134 valence electrons. The molecule has 0 fully saturated rings. The van der Waals surface area contributed by atoms with E-state index in [-0.39, 0.29) is 18.0 Å². The van der Waals surface area contributed by atoms with Crippen LogP contribution in [0.15, 0.2) is 71.1 Å². The lowest BCUT2D eigenvalue weighted by molar-refractivity contribution is -0.116. The van der Waals surface area contributed by atoms with Gasteiger partial charge in [-0.3, -0.25) is 14.2 Å². The van der Waals surface area contributed by atoms with Crippen LogP contribution in [0.25, 0.3) is 21.3 Å². The fraction of sp³-hybridized carbons (Fsp3) is 0.0500. The molecule has 0 unspecified atom stereocenters. The molecule has 4 aromatic rings. The van der Waals surface area contributed by atoms with E-state index < -0.39 is 0 Å². The fourth-order valence-electron chi connectivity index (χ4n) is 2.83. The highest BCUT2D eigenvalue weighted by Crippen LogP contribution is 2.30. The number of halogens is 1. The van der Waals surface area contributed by atoms with Crippen LogP contribution in [0.2, 0.25) is 5.02 Å². The Balaban J connectivity index is 1.66. The normalized spacial score (nSPS) is 10.9. The Kier molecular flexibility index (Phi) is 4.75. The second-order valence-corrected chi connectivity index (χ2v) is 7.23. The number of nitrogens with one attached hydrogen (secondary N) is 1. The number of rotatable bonds is 4. The number of carbonyl (C=O) groups excluding carboxylic acids is 1. The van der Waals surface area contributed by atoms with Gasteiger partial charge in [-0.25, -0.2) is 4.98 Å². The Morgan fingerprint density at radius 3 is 2.74 bits per heavy atom. The molecular weight excluding hydrogens is 382 g/mol. The first-order valence-corrected chi connectivity index (χ1v) is 9.45. The van der Waals surface area contributed by atoms with Crippen LogP contribution in [0.4, 0.5) is 5.69 Å². The van der Waals surface area contributed by atoms with Gasteiger partial charge in [-0.2, -0.15) is 0 Å². The maximum atomic E-state index is 13.0. The zero-order valence-electron chi connectivity index (χ0n) is 14.1. The van der Waals surface area contributed by atoms with Crippen LogP contribution in [-0.2, 0) is 11.3 Å². The summed E-state index contributed by atoms with van der Waals surface area (Å²) in [6.07, 6.45) is 1.41. The minimum atomic E-state index is -0.322. The molecule has 2 aromatic heterocycles. The lowest BCUT2D eigenvalue weighted by Crippen LogP contribution is -2.27. The van der Waals surface area contributed by atoms with Gasteiger partial charge in [-0.1, -0.05) is 48.0 Å². The van der Waals surface area contributed by atoms with Crippen LogP contribution < -0.4 is 10.9 Å². The van der Waals surface area contributed by atoms with Crippen LogP contribution in [0.5, 0.6) is 0 Å². The van der Waals surface area contributed by atoms with Crippen molar-refractivity contribution in [1.29, 1.82) is 0 Å². The Hall–Kier alpha value is -2.96. The maximum Gasteiger partial charge on any atom is 0.263 e. The third kappa shape index (κ3) is 3.63. The number of benzene rings is 2. The van der Waals surface area contributed by atoms with E-state index >= 15 is 0 Å². The molecule has 1 amide bonds. The highest BCUT2D eigenvalue weighted by atomic mass is 35.5. The van der Waals surface area contributed by atoms with Gasteiger partial charge in [0.25, 0.3) is 5.56 Å². The predicted molar refractivity (Wildman–Crippen MR) is 109 cm³/mol. The molecule has 0 aliphatic rings. The highest BCUT2D eigenvalue weighted by Gasteiger charge is 2.14. The number of aromatic nitrogens is 2. The second-order valence-electron chi connectivity index (χ2n) is 5.93. The average molecular weight is 396 g/mol. The van der Waals surface area contributed by atoms with Gasteiger partial charge in [-0.05, 0) is 23.8 Å². The smallest absolute Gasteiger partial charge is 0.263 e. The summed E-state index contributed by atoms with van der Waals surface area (Å²) in [7, 11) is 0. The molecule has 0 radical (unpaired) electrons. The molecule has 0 saturated carbocycles. The van der Waals surface area contributed by atoms with Gasteiger partial charge in [0.1, 0.15) is 11.4 Å². The minimum absolute atomic E-state index is 0.127. The van der Waals surface area contributed by atoms with Crippen LogP contribution in [0.3, 0.4) is 0 Å². The van der Waals surface area contributed by atoms with Crippen LogP contribution in [0.1, 0.15) is 0 Å². The molecule has 7 heteroatoms. The summed E-state index contributed by atoms with van der Waals surface area (Å²) in [5.41, 5.74) is 2.12. The Labute approximate surface area is 163 Å². The van der Waals surface area contributed by atoms with Gasteiger partial charge < -0.3 is 5.32 Å². The van der Waals surface area contributed by atoms with E-state index in [1.54, 1.807) is 24.3 Å². The van der Waals surface area contributed by atoms with Gasteiger partial charge >= 0.3 is 0 Å². The molecule has 1 N–H and O–H groups in total. The van der Waals surface area contributed by atoms with Crippen molar-refractivity contribution in [2.75, 3.05) is 5.32 Å². The Morgan fingerprint density at radius 1 is 1.15 bits per heavy atom. The van der Waals surface area contributed by atoms with Crippen molar-refractivity contribution < 1.29 is 4.79 Å². The second kappa shape index (κ2) is 7.34. The largest absolute Gasteiger partial charge is 0.324 e. The van der Waals surface area contributed by atoms with E-state index in [9.17, 15) is 9.59 Å². The Morgan fingerprint density at radius 2 is 1.96 bits per heavy atom. The predicted octanol–water partition coefficient (Wildman–Crippen LogP) is 4.42. The van der Waals surface area contributed by atoms with E-state index in [2.05, 4.69) is 10.3 Å². The molecule has 4 rings (SSSR count). The van der Waals surface area contributed by atoms with Crippen molar-refractivity contribution in [2.24, 2.45) is 0 Å². The topological polar surface area (TPSA) is 64.0 Å². The maximum absolute atomic E-state index is 13.0. The first-order chi connectivity index (χ1) is 13.1. The first-order valence-electron chi connectivity index (χ1n) is 8.19. The molecule has 0 saturated heterocycles. The van der Waals surface area contributed by atoms with E-state index in [0.29, 0.717) is 20.9 Å². The highest BCUT2D eigenvalue weighted by molar-refractivity contribution is 7.17. The average Bonchev–Trinajstić information content (AvgIpc) is 3.10. The van der Waals surface area contributed by atoms with Gasteiger partial charge in [-0.15, -0.1) is 11.3 Å². The summed E-state index contributed by atoms with van der Waals surface area (Å²) in [5, 5.41) is 5.72. The van der Waals surface area contributed by atoms with Gasteiger partial charge in [0.05, 0.1) is 11.7 Å². The number of anilines is 1. The van der Waals surface area contributed by atoms with Gasteiger partial charge in [0.15, 0.2) is 0 Å². The molecule has 0 atom stereocenters. The zero-order chi connectivity index (χ0) is 18.8. The number of thiophene rings is 1. The van der Waals surface area contributed by atoms with Crippen LogP contribution in [-0.4, -0.2) is 15.5 Å². The van der Waals surface area contributed by atoms with Gasteiger partial charge in [0.2, 0.25) is 5.91 Å². The number of carbonyl (C=O) groups is 1. The van der Waals surface area contributed by atoms with Crippen molar-refractivity contribution in [3.63, 3.8) is 0 Å². The summed E-state index contributed by atoms with van der Waals surface area (Å²) in [4.78, 5) is 30.3. The van der Waals surface area contributed by atoms with Crippen molar-refractivity contribution in [3.8, 4) is 11.1 Å². The molecular formula is C20H14ClN3O2S. The van der Waals surface area contributed by atoms with Crippen molar-refractivity contribution >= 4 is 44.7 Å². The lowest BCUT2D eigenvalue weighted by Gasteiger charge is -2.08. The molecule has 0 aliphatic heterocycles. The molecule has 2 aromatic carbocycles. The zero-order valence-corrected chi connectivity index (χ0v) is 15.6. The number of nitrogens with zero attached hydrogens (tertiary/aromatic N) is 2. The molecule has 0 aliphatic carbocycles. The van der Waals surface area contributed by atoms with Crippen molar-refractivity contribution in [2.45, 2.75) is 6.54 Å². The van der Waals surface area contributed by atoms with Crippen LogP contribution in [0, 0.1) is 0 Å². The lowest BCUT2D eigenvalue weighted by atomic mass is 10.1. The molecule has 0 bridgehead atoms. The minimum Gasteiger partial charge on any atom is -0.324 e. The summed E-state index contributed by atoms with van der Waals surface area (Å²) in [6.45, 7) is -0.127. The number of amides is 1. The van der Waals surface area contributed by atoms with Gasteiger partial charge in [0, 0.05) is 21.7 Å². The third-order valence-corrected chi connectivity index (χ3v) is 5.19. The molecule has 2 heterocycles. The monoisotopic (exact) mass is 395 g/mol. The summed E-state index contributed by atoms with van der Waals surface area (Å²) >= 11 is 7.34. The number of hydrogen-bond donors (Lipinski definition) is 1. The standard InChI is InChI=1S/C20H14ClN3O2S/c21-14-7-4-8-15(9-14)23-17(25)10-24-12-22-19-18(20(24)26)16(11-27-19)13-5-2-1-3-6-13/h1-9,11-12H,10H2,(H,23,25). The van der Waals surface area contributed by atoms with E-state index in [4.69, 9.17) is 11.6 Å². The molecule has 0 spiro atoms. The summed E-state index contributed by atoms with van der Waals surface area (Å²) in [6, 6.07) is 16.5. The van der Waals surface area contributed by atoms with Crippen molar-refractivity contribution in [3.05, 3.63) is 81.7 Å². The molecule has 5 nitrogen and oxygen atoms in total. The van der Waals surface area contributed by atoms with E-state index in [0.717, 1.165) is 11.1 Å². The third-order valence-electron chi connectivity index (χ3n) is 4.07. The SMILES string of the molecule is O=C(Cn1cnc2scc(-c3ccccc3)c2c1=O)Nc1cccc(Cl)c1. The van der Waals surface area contributed by atoms with E-state index in [1.165, 1.54) is 22.2 Å². The summed E-state index contributed by atoms with van der Waals surface area (Å²) in [5.74, 6) is -0.322. The first kappa shape index (κ1) is 17.5.